The van der Waals surface area contributed by atoms with Crippen molar-refractivity contribution < 1.29 is 9.50 Å². The van der Waals surface area contributed by atoms with Gasteiger partial charge in [0.05, 0.1) is 10.6 Å². The van der Waals surface area contributed by atoms with Crippen LogP contribution in [0.3, 0.4) is 0 Å². The molecule has 1 heterocycles. The van der Waals surface area contributed by atoms with E-state index in [2.05, 4.69) is 20.9 Å². The van der Waals surface area contributed by atoms with Crippen LogP contribution in [-0.4, -0.2) is 10.1 Å². The van der Waals surface area contributed by atoms with Crippen LogP contribution >= 0.6 is 27.7 Å². The number of aliphatic hydroxyl groups is 1. The van der Waals surface area contributed by atoms with Crippen molar-refractivity contribution >= 4 is 27.7 Å². The highest BCUT2D eigenvalue weighted by Gasteiger charge is 2.10. The fourth-order valence-electron chi connectivity index (χ4n) is 1.41. The van der Waals surface area contributed by atoms with Gasteiger partial charge in [0, 0.05) is 11.1 Å². The first-order valence-corrected chi connectivity index (χ1v) is 6.95. The average Bonchev–Trinajstić information content (AvgIpc) is 2.34. The van der Waals surface area contributed by atoms with E-state index in [1.165, 1.54) is 17.8 Å². The number of pyridine rings is 1. The first-order chi connectivity index (χ1) is 8.58. The third-order valence-corrected chi connectivity index (χ3v) is 4.34. The fraction of sp³-hybridized carbons (Fsp3) is 0.154. The SMILES string of the molecule is C[C@H](O)c1ccc(Sc2ncccc2Br)c(F)c1. The predicted octanol–water partition coefficient (Wildman–Crippen LogP) is 4.19. The third-order valence-electron chi connectivity index (χ3n) is 2.37. The molecule has 2 aromatic rings. The molecule has 0 spiro atoms. The maximum absolute atomic E-state index is 13.9. The molecule has 0 unspecified atom stereocenters. The largest absolute Gasteiger partial charge is 0.389 e. The van der Waals surface area contributed by atoms with Crippen molar-refractivity contribution in [3.63, 3.8) is 0 Å². The summed E-state index contributed by atoms with van der Waals surface area (Å²) in [7, 11) is 0. The van der Waals surface area contributed by atoms with Crippen LogP contribution in [0.2, 0.25) is 0 Å². The van der Waals surface area contributed by atoms with Gasteiger partial charge in [-0.15, -0.1) is 0 Å². The summed E-state index contributed by atoms with van der Waals surface area (Å²) in [5, 5.41) is 10.1. The van der Waals surface area contributed by atoms with E-state index in [0.717, 1.165) is 4.47 Å². The Bertz CT molecular complexity index is 562. The second-order valence-electron chi connectivity index (χ2n) is 3.76. The summed E-state index contributed by atoms with van der Waals surface area (Å²) in [5.41, 5.74) is 0.567. The number of nitrogens with zero attached hydrogens (tertiary/aromatic N) is 1. The zero-order chi connectivity index (χ0) is 13.1. The first kappa shape index (κ1) is 13.5. The van der Waals surface area contributed by atoms with Crippen LogP contribution in [0.5, 0.6) is 0 Å². The highest BCUT2D eigenvalue weighted by molar-refractivity contribution is 9.10. The van der Waals surface area contributed by atoms with Crippen molar-refractivity contribution in [2.45, 2.75) is 22.9 Å². The summed E-state index contributed by atoms with van der Waals surface area (Å²) in [6, 6.07) is 8.39. The Morgan fingerprint density at radius 1 is 1.39 bits per heavy atom. The molecule has 0 aliphatic rings. The molecule has 1 N–H and O–H groups in total. The lowest BCUT2D eigenvalue weighted by Crippen LogP contribution is -1.93. The molecule has 1 aromatic heterocycles. The van der Waals surface area contributed by atoms with Gasteiger partial charge in [-0.25, -0.2) is 9.37 Å². The van der Waals surface area contributed by atoms with Crippen LogP contribution in [0.25, 0.3) is 0 Å². The Morgan fingerprint density at radius 3 is 2.78 bits per heavy atom. The van der Waals surface area contributed by atoms with Crippen molar-refractivity contribution in [2.75, 3.05) is 0 Å². The predicted molar refractivity (Wildman–Crippen MR) is 73.1 cm³/mol. The normalized spacial score (nSPS) is 12.4. The van der Waals surface area contributed by atoms with E-state index in [-0.39, 0.29) is 5.82 Å². The van der Waals surface area contributed by atoms with Crippen LogP contribution < -0.4 is 0 Å². The van der Waals surface area contributed by atoms with E-state index in [1.54, 1.807) is 31.3 Å². The number of halogens is 2. The van der Waals surface area contributed by atoms with Gasteiger partial charge in [-0.2, -0.15) is 0 Å². The molecular weight excluding hydrogens is 317 g/mol. The summed E-state index contributed by atoms with van der Waals surface area (Å²) in [4.78, 5) is 4.66. The van der Waals surface area contributed by atoms with Crippen molar-refractivity contribution in [1.82, 2.24) is 4.98 Å². The maximum Gasteiger partial charge on any atom is 0.137 e. The van der Waals surface area contributed by atoms with Gasteiger partial charge >= 0.3 is 0 Å². The Labute approximate surface area is 117 Å². The van der Waals surface area contributed by atoms with Crippen molar-refractivity contribution in [1.29, 1.82) is 0 Å². The first-order valence-electron chi connectivity index (χ1n) is 5.34. The van der Waals surface area contributed by atoms with Crippen LogP contribution in [-0.2, 0) is 0 Å². The lowest BCUT2D eigenvalue weighted by Gasteiger charge is -2.08. The second kappa shape index (κ2) is 5.82. The fourth-order valence-corrected chi connectivity index (χ4v) is 2.69. The number of hydrogen-bond donors (Lipinski definition) is 1. The number of aliphatic hydroxyl groups excluding tert-OH is 1. The summed E-state index contributed by atoms with van der Waals surface area (Å²) in [6.07, 6.45) is 0.995. The minimum atomic E-state index is -0.667. The number of benzene rings is 1. The molecule has 5 heteroatoms. The zero-order valence-electron chi connectivity index (χ0n) is 9.60. The Balaban J connectivity index is 2.28. The van der Waals surface area contributed by atoms with Crippen molar-refractivity contribution in [3.05, 3.63) is 52.4 Å². The minimum absolute atomic E-state index is 0.351. The Kier molecular flexibility index (Phi) is 4.37. The van der Waals surface area contributed by atoms with Crippen LogP contribution in [0.4, 0.5) is 4.39 Å². The number of rotatable bonds is 3. The maximum atomic E-state index is 13.9. The van der Waals surface area contributed by atoms with E-state index < -0.39 is 6.10 Å². The monoisotopic (exact) mass is 327 g/mol. The van der Waals surface area contributed by atoms with Gasteiger partial charge in [0.15, 0.2) is 0 Å². The second-order valence-corrected chi connectivity index (χ2v) is 5.64. The molecule has 2 nitrogen and oxygen atoms in total. The number of aromatic nitrogens is 1. The van der Waals surface area contributed by atoms with Gasteiger partial charge in [-0.1, -0.05) is 17.8 Å². The van der Waals surface area contributed by atoms with Crippen molar-refractivity contribution in [2.24, 2.45) is 0 Å². The summed E-state index contributed by atoms with van der Waals surface area (Å²) in [5.74, 6) is -0.351. The average molecular weight is 328 g/mol. The lowest BCUT2D eigenvalue weighted by atomic mass is 10.1. The molecule has 0 aliphatic carbocycles. The van der Waals surface area contributed by atoms with Crippen LogP contribution in [0.1, 0.15) is 18.6 Å². The molecule has 18 heavy (non-hydrogen) atoms. The highest BCUT2D eigenvalue weighted by atomic mass is 79.9. The molecule has 94 valence electrons. The zero-order valence-corrected chi connectivity index (χ0v) is 12.0. The van der Waals surface area contributed by atoms with Gasteiger partial charge in [0.2, 0.25) is 0 Å². The summed E-state index contributed by atoms with van der Waals surface area (Å²) < 4.78 is 14.7. The minimum Gasteiger partial charge on any atom is -0.389 e. The molecule has 0 aliphatic heterocycles. The molecule has 1 aromatic carbocycles. The van der Waals surface area contributed by atoms with Gasteiger partial charge in [-0.3, -0.25) is 0 Å². The van der Waals surface area contributed by atoms with Crippen LogP contribution in [0.15, 0.2) is 50.9 Å². The van der Waals surface area contributed by atoms with Crippen molar-refractivity contribution in [3.8, 4) is 0 Å². The molecule has 0 fully saturated rings. The lowest BCUT2D eigenvalue weighted by molar-refractivity contribution is 0.198. The molecule has 0 amide bonds. The topological polar surface area (TPSA) is 33.1 Å². The third kappa shape index (κ3) is 3.10. The van der Waals surface area contributed by atoms with E-state index in [1.807, 2.05) is 6.07 Å². The molecule has 0 bridgehead atoms. The van der Waals surface area contributed by atoms with Gasteiger partial charge in [0.1, 0.15) is 10.8 Å². The highest BCUT2D eigenvalue weighted by Crippen LogP contribution is 2.33. The van der Waals surface area contributed by atoms with E-state index in [9.17, 15) is 9.50 Å². The van der Waals surface area contributed by atoms with Gasteiger partial charge in [0.25, 0.3) is 0 Å². The van der Waals surface area contributed by atoms with Gasteiger partial charge in [-0.05, 0) is 52.7 Å². The standard InChI is InChI=1S/C13H11BrFNOS/c1-8(17)9-4-5-12(11(15)7-9)18-13-10(14)3-2-6-16-13/h2-8,17H,1H3/t8-/m0/s1. The quantitative estimate of drug-likeness (QED) is 0.917. The van der Waals surface area contributed by atoms with E-state index in [4.69, 9.17) is 0 Å². The Hall–Kier alpha value is -0.910. The smallest absolute Gasteiger partial charge is 0.137 e. The van der Waals surface area contributed by atoms with Crippen LogP contribution in [0, 0.1) is 5.82 Å². The molecule has 0 radical (unpaired) electrons. The molecule has 1 atom stereocenters. The summed E-state index contributed by atoms with van der Waals surface area (Å²) in [6.45, 7) is 1.61. The van der Waals surface area contributed by atoms with E-state index >= 15 is 0 Å². The molecule has 2 rings (SSSR count). The van der Waals surface area contributed by atoms with E-state index in [0.29, 0.717) is 15.5 Å². The Morgan fingerprint density at radius 2 is 2.17 bits per heavy atom. The van der Waals surface area contributed by atoms with Gasteiger partial charge < -0.3 is 5.11 Å². The molecular formula is C13H11BrFNOS. The number of hydrogen-bond acceptors (Lipinski definition) is 3. The molecule has 0 saturated carbocycles. The summed E-state index contributed by atoms with van der Waals surface area (Å²) >= 11 is 4.62. The molecule has 0 saturated heterocycles.